The summed E-state index contributed by atoms with van der Waals surface area (Å²) < 4.78 is 0. The van der Waals surface area contributed by atoms with Gasteiger partial charge in [0.2, 0.25) is 0 Å². The van der Waals surface area contributed by atoms with Crippen molar-refractivity contribution in [2.45, 2.75) is 0 Å². The molecular weight excluding hydrogens is 326 g/mol. The van der Waals surface area contributed by atoms with Gasteiger partial charge in [0.15, 0.2) is 0 Å². The monoisotopic (exact) mass is 345 g/mol. The fourth-order valence-electron chi connectivity index (χ4n) is 2.52. The molecule has 0 fully saturated rings. The zero-order chi connectivity index (χ0) is 18.2. The number of carbonyl (C=O) groups is 2. The first-order valence-corrected chi connectivity index (χ1v) is 8.27. The van der Waals surface area contributed by atoms with E-state index in [2.05, 4.69) is 10.6 Å². The molecule has 2 N–H and O–H groups in total. The zero-order valence-corrected chi connectivity index (χ0v) is 14.1. The van der Waals surface area contributed by atoms with Crippen LogP contribution < -0.4 is 15.5 Å². The molecule has 26 heavy (non-hydrogen) atoms. The van der Waals surface area contributed by atoms with Crippen LogP contribution in [0.2, 0.25) is 0 Å². The van der Waals surface area contributed by atoms with Crippen molar-refractivity contribution < 1.29 is 9.59 Å². The zero-order valence-electron chi connectivity index (χ0n) is 14.1. The van der Waals surface area contributed by atoms with Gasteiger partial charge in [-0.2, -0.15) is 0 Å². The smallest absolute Gasteiger partial charge is 0.319 e. The van der Waals surface area contributed by atoms with Crippen molar-refractivity contribution in [3.05, 3.63) is 91.0 Å². The van der Waals surface area contributed by atoms with Crippen LogP contribution in [0.15, 0.2) is 91.0 Å². The number of para-hydroxylation sites is 3. The lowest BCUT2D eigenvalue weighted by Crippen LogP contribution is -2.39. The van der Waals surface area contributed by atoms with Crippen molar-refractivity contribution in [3.63, 3.8) is 0 Å². The van der Waals surface area contributed by atoms with Gasteiger partial charge in [-0.05, 0) is 36.4 Å². The second-order valence-corrected chi connectivity index (χ2v) is 5.57. The molecule has 5 heteroatoms. The predicted octanol–water partition coefficient (Wildman–Crippen LogP) is 4.17. The van der Waals surface area contributed by atoms with Crippen molar-refractivity contribution in [2.75, 3.05) is 16.8 Å². The van der Waals surface area contributed by atoms with Gasteiger partial charge in [-0.3, -0.25) is 9.69 Å². The topological polar surface area (TPSA) is 61.4 Å². The van der Waals surface area contributed by atoms with Crippen LogP contribution in [0.1, 0.15) is 0 Å². The van der Waals surface area contributed by atoms with E-state index in [9.17, 15) is 9.59 Å². The number of rotatable bonds is 5. The lowest BCUT2D eigenvalue weighted by Gasteiger charge is -2.23. The number of hydrogen-bond donors (Lipinski definition) is 2. The first-order chi connectivity index (χ1) is 12.7. The molecule has 0 aliphatic rings. The van der Waals surface area contributed by atoms with E-state index in [1.54, 1.807) is 17.0 Å². The SMILES string of the molecule is O=C(NCC(=O)N(c1ccccc1)c1ccccc1)Nc1ccccc1. The maximum Gasteiger partial charge on any atom is 0.319 e. The molecule has 0 bridgehead atoms. The third-order valence-corrected chi connectivity index (χ3v) is 3.71. The van der Waals surface area contributed by atoms with Gasteiger partial charge in [0, 0.05) is 17.1 Å². The number of nitrogens with one attached hydrogen (secondary N) is 2. The van der Waals surface area contributed by atoms with Gasteiger partial charge in [-0.15, -0.1) is 0 Å². The summed E-state index contributed by atoms with van der Waals surface area (Å²) in [4.78, 5) is 26.4. The van der Waals surface area contributed by atoms with Gasteiger partial charge in [0.25, 0.3) is 5.91 Å². The van der Waals surface area contributed by atoms with Gasteiger partial charge in [0.05, 0.1) is 6.54 Å². The molecule has 3 rings (SSSR count). The van der Waals surface area contributed by atoms with Crippen LogP contribution >= 0.6 is 0 Å². The molecule has 0 aliphatic heterocycles. The molecule has 0 aromatic heterocycles. The molecular formula is C21H19N3O2. The summed E-state index contributed by atoms with van der Waals surface area (Å²) in [5, 5.41) is 5.30. The molecule has 0 heterocycles. The quantitative estimate of drug-likeness (QED) is 0.729. The highest BCUT2D eigenvalue weighted by Crippen LogP contribution is 2.24. The Balaban J connectivity index is 1.69. The lowest BCUT2D eigenvalue weighted by atomic mass is 10.2. The normalized spacial score (nSPS) is 10.0. The molecule has 130 valence electrons. The molecule has 3 aromatic carbocycles. The van der Waals surface area contributed by atoms with E-state index in [4.69, 9.17) is 0 Å². The summed E-state index contributed by atoms with van der Waals surface area (Å²) >= 11 is 0. The third kappa shape index (κ3) is 4.48. The summed E-state index contributed by atoms with van der Waals surface area (Å²) in [6.07, 6.45) is 0. The molecule has 3 aromatic rings. The maximum absolute atomic E-state index is 12.8. The largest absolute Gasteiger partial charge is 0.329 e. The molecule has 0 unspecified atom stereocenters. The fourth-order valence-corrected chi connectivity index (χ4v) is 2.52. The van der Waals surface area contributed by atoms with Crippen molar-refractivity contribution >= 4 is 29.0 Å². The van der Waals surface area contributed by atoms with Crippen LogP contribution in [0, 0.1) is 0 Å². The van der Waals surface area contributed by atoms with E-state index >= 15 is 0 Å². The van der Waals surface area contributed by atoms with Gasteiger partial charge in [-0.1, -0.05) is 54.6 Å². The first kappa shape index (κ1) is 17.2. The minimum Gasteiger partial charge on any atom is -0.329 e. The maximum atomic E-state index is 12.8. The molecule has 0 atom stereocenters. The number of hydrogen-bond acceptors (Lipinski definition) is 2. The van der Waals surface area contributed by atoms with E-state index in [1.165, 1.54) is 0 Å². The average molecular weight is 345 g/mol. The summed E-state index contributed by atoms with van der Waals surface area (Å²) in [6, 6.07) is 27.3. The van der Waals surface area contributed by atoms with Crippen LogP contribution in [0.3, 0.4) is 0 Å². The van der Waals surface area contributed by atoms with Crippen LogP contribution in [0.25, 0.3) is 0 Å². The molecule has 0 radical (unpaired) electrons. The molecule has 0 spiro atoms. The average Bonchev–Trinajstić information content (AvgIpc) is 2.69. The second-order valence-electron chi connectivity index (χ2n) is 5.57. The summed E-state index contributed by atoms with van der Waals surface area (Å²) in [5.74, 6) is -0.231. The molecule has 5 nitrogen and oxygen atoms in total. The van der Waals surface area contributed by atoms with Gasteiger partial charge in [0.1, 0.15) is 0 Å². The Morgan fingerprint density at radius 3 is 1.65 bits per heavy atom. The number of amides is 3. The van der Waals surface area contributed by atoms with E-state index in [0.717, 1.165) is 11.4 Å². The van der Waals surface area contributed by atoms with Crippen LogP contribution in [-0.2, 0) is 4.79 Å². The molecule has 3 amide bonds. The van der Waals surface area contributed by atoms with Gasteiger partial charge >= 0.3 is 6.03 Å². The number of urea groups is 1. The first-order valence-electron chi connectivity index (χ1n) is 8.27. The highest BCUT2D eigenvalue weighted by molar-refractivity contribution is 6.03. The summed E-state index contributed by atoms with van der Waals surface area (Å²) in [5.41, 5.74) is 2.16. The molecule has 0 saturated heterocycles. The number of benzene rings is 3. The van der Waals surface area contributed by atoms with Crippen molar-refractivity contribution in [1.29, 1.82) is 0 Å². The van der Waals surface area contributed by atoms with Crippen LogP contribution in [-0.4, -0.2) is 18.5 Å². The van der Waals surface area contributed by atoms with E-state index in [-0.39, 0.29) is 12.5 Å². The Bertz CT molecular complexity index is 813. The second kappa shape index (κ2) is 8.48. The van der Waals surface area contributed by atoms with E-state index in [0.29, 0.717) is 5.69 Å². The van der Waals surface area contributed by atoms with Crippen molar-refractivity contribution in [1.82, 2.24) is 5.32 Å². The Kier molecular flexibility index (Phi) is 5.62. The minimum absolute atomic E-state index is 0.123. The third-order valence-electron chi connectivity index (χ3n) is 3.71. The number of nitrogens with zero attached hydrogens (tertiary/aromatic N) is 1. The van der Waals surface area contributed by atoms with Gasteiger partial charge < -0.3 is 10.6 Å². The van der Waals surface area contributed by atoms with Crippen molar-refractivity contribution in [2.24, 2.45) is 0 Å². The Morgan fingerprint density at radius 1 is 0.692 bits per heavy atom. The lowest BCUT2D eigenvalue weighted by molar-refractivity contribution is -0.116. The highest BCUT2D eigenvalue weighted by atomic mass is 16.2. The summed E-state index contributed by atoms with van der Waals surface area (Å²) in [6.45, 7) is -0.123. The highest BCUT2D eigenvalue weighted by Gasteiger charge is 2.18. The number of carbonyl (C=O) groups excluding carboxylic acids is 2. The van der Waals surface area contributed by atoms with E-state index in [1.807, 2.05) is 78.9 Å². The predicted molar refractivity (Wildman–Crippen MR) is 103 cm³/mol. The fraction of sp³-hybridized carbons (Fsp3) is 0.0476. The summed E-state index contributed by atoms with van der Waals surface area (Å²) in [7, 11) is 0. The molecule has 0 saturated carbocycles. The Hall–Kier alpha value is -3.60. The Morgan fingerprint density at radius 2 is 1.15 bits per heavy atom. The number of anilines is 3. The Labute approximate surface area is 152 Å². The van der Waals surface area contributed by atoms with Crippen LogP contribution in [0.5, 0.6) is 0 Å². The minimum atomic E-state index is -0.425. The molecule has 0 aliphatic carbocycles. The van der Waals surface area contributed by atoms with E-state index < -0.39 is 6.03 Å². The van der Waals surface area contributed by atoms with Gasteiger partial charge in [-0.25, -0.2) is 4.79 Å². The standard InChI is InChI=1S/C21H19N3O2/c25-20(16-22-21(26)23-17-10-4-1-5-11-17)24(18-12-6-2-7-13-18)19-14-8-3-9-15-19/h1-15H,16H2,(H2,22,23,26). The van der Waals surface area contributed by atoms with Crippen LogP contribution in [0.4, 0.5) is 21.9 Å². The van der Waals surface area contributed by atoms with Crippen molar-refractivity contribution in [3.8, 4) is 0 Å².